The average molecular weight is 315 g/mol. The van der Waals surface area contributed by atoms with Crippen LogP contribution >= 0.6 is 0 Å². The van der Waals surface area contributed by atoms with E-state index in [1.54, 1.807) is 0 Å². The lowest BCUT2D eigenvalue weighted by Gasteiger charge is -2.35. The molecule has 1 aliphatic rings. The van der Waals surface area contributed by atoms with E-state index in [0.29, 0.717) is 0 Å². The number of nitrogens with zero attached hydrogens (tertiary/aromatic N) is 1. The number of Topliss-reactive ketones (excluding diaryl/α,β-unsaturated/α-hetero) is 2. The van der Waals surface area contributed by atoms with Crippen LogP contribution in [0.2, 0.25) is 0 Å². The van der Waals surface area contributed by atoms with Gasteiger partial charge in [-0.25, -0.2) is 0 Å². The van der Waals surface area contributed by atoms with Crippen LogP contribution in [-0.4, -0.2) is 29.6 Å². The minimum absolute atomic E-state index is 0.00798. The second kappa shape index (κ2) is 7.87. The first-order chi connectivity index (χ1) is 10.9. The highest BCUT2D eigenvalue weighted by molar-refractivity contribution is 5.98. The molecule has 0 amide bonds. The molecule has 3 nitrogen and oxygen atoms in total. The molecule has 126 valence electrons. The van der Waals surface area contributed by atoms with Crippen molar-refractivity contribution in [3.8, 4) is 0 Å². The lowest BCUT2D eigenvalue weighted by atomic mass is 9.90. The summed E-state index contributed by atoms with van der Waals surface area (Å²) in [6.45, 7) is 9.68. The van der Waals surface area contributed by atoms with E-state index < -0.39 is 0 Å². The van der Waals surface area contributed by atoms with Crippen LogP contribution in [0.15, 0.2) is 24.3 Å². The number of piperidine rings is 1. The Bertz CT molecular complexity index is 557. The Balaban J connectivity index is 2.36. The first-order valence-electron chi connectivity index (χ1n) is 8.83. The molecule has 0 aliphatic carbocycles. The van der Waals surface area contributed by atoms with Gasteiger partial charge in [0.15, 0.2) is 11.6 Å². The highest BCUT2D eigenvalue weighted by atomic mass is 16.1. The van der Waals surface area contributed by atoms with E-state index in [1.165, 1.54) is 6.42 Å². The van der Waals surface area contributed by atoms with Crippen LogP contribution < -0.4 is 0 Å². The van der Waals surface area contributed by atoms with Crippen LogP contribution in [0.25, 0.3) is 0 Å². The minimum atomic E-state index is -0.213. The zero-order chi connectivity index (χ0) is 17.0. The molecule has 2 rings (SSSR count). The Labute approximate surface area is 140 Å². The van der Waals surface area contributed by atoms with Crippen molar-refractivity contribution in [2.24, 2.45) is 11.8 Å². The van der Waals surface area contributed by atoms with Gasteiger partial charge >= 0.3 is 0 Å². The molecular weight excluding hydrogens is 286 g/mol. The standard InChI is InChI=1S/C20H29NO2/c1-14(2)19(22)17-10-8-9-16(13-17)18(20(23)15(3)4)21-11-6-5-7-12-21/h8-10,13-15,18H,5-7,11-12H2,1-4H3. The fourth-order valence-corrected chi connectivity index (χ4v) is 3.24. The first kappa shape index (κ1) is 17.9. The molecule has 0 saturated carbocycles. The van der Waals surface area contributed by atoms with Gasteiger partial charge in [-0.15, -0.1) is 0 Å². The first-order valence-corrected chi connectivity index (χ1v) is 8.83. The Hall–Kier alpha value is -1.48. The summed E-state index contributed by atoms with van der Waals surface area (Å²) < 4.78 is 0. The van der Waals surface area contributed by atoms with Crippen molar-refractivity contribution in [3.05, 3.63) is 35.4 Å². The monoisotopic (exact) mass is 315 g/mol. The summed E-state index contributed by atoms with van der Waals surface area (Å²) in [5.41, 5.74) is 1.69. The molecule has 0 aromatic heterocycles. The maximum atomic E-state index is 12.8. The molecule has 1 saturated heterocycles. The lowest BCUT2D eigenvalue weighted by molar-refractivity contribution is -0.128. The van der Waals surface area contributed by atoms with Crippen molar-refractivity contribution < 1.29 is 9.59 Å². The van der Waals surface area contributed by atoms with Gasteiger partial charge in [-0.1, -0.05) is 52.3 Å². The molecule has 0 N–H and O–H groups in total. The van der Waals surface area contributed by atoms with Crippen molar-refractivity contribution in [1.82, 2.24) is 4.90 Å². The fraction of sp³-hybridized carbons (Fsp3) is 0.600. The molecule has 1 fully saturated rings. The highest BCUT2D eigenvalue weighted by Gasteiger charge is 2.30. The number of hydrogen-bond donors (Lipinski definition) is 0. The van der Waals surface area contributed by atoms with Gasteiger partial charge in [-0.3, -0.25) is 14.5 Å². The van der Waals surface area contributed by atoms with E-state index in [1.807, 2.05) is 52.0 Å². The van der Waals surface area contributed by atoms with Crippen LogP contribution in [-0.2, 0) is 4.79 Å². The summed E-state index contributed by atoms with van der Waals surface area (Å²) in [6.07, 6.45) is 3.53. The summed E-state index contributed by atoms with van der Waals surface area (Å²) in [6, 6.07) is 7.49. The van der Waals surface area contributed by atoms with E-state index in [-0.39, 0.29) is 29.4 Å². The second-order valence-corrected chi connectivity index (χ2v) is 7.20. The van der Waals surface area contributed by atoms with E-state index in [9.17, 15) is 9.59 Å². The van der Waals surface area contributed by atoms with Crippen molar-refractivity contribution in [2.45, 2.75) is 53.0 Å². The third-order valence-electron chi connectivity index (χ3n) is 4.61. The van der Waals surface area contributed by atoms with Crippen molar-refractivity contribution >= 4 is 11.6 Å². The number of carbonyl (C=O) groups excluding carboxylic acids is 2. The zero-order valence-corrected chi connectivity index (χ0v) is 14.8. The van der Waals surface area contributed by atoms with Gasteiger partial charge in [-0.05, 0) is 37.6 Å². The van der Waals surface area contributed by atoms with Gasteiger partial charge in [0.2, 0.25) is 0 Å². The van der Waals surface area contributed by atoms with E-state index in [4.69, 9.17) is 0 Å². The summed E-state index contributed by atoms with van der Waals surface area (Å²) in [5.74, 6) is 0.355. The molecule has 1 atom stereocenters. The Morgan fingerprint density at radius 1 is 0.957 bits per heavy atom. The van der Waals surface area contributed by atoms with Crippen LogP contribution in [0.5, 0.6) is 0 Å². The number of hydrogen-bond acceptors (Lipinski definition) is 3. The maximum Gasteiger partial charge on any atom is 0.165 e. The molecule has 1 unspecified atom stereocenters. The predicted molar refractivity (Wildman–Crippen MR) is 93.6 cm³/mol. The normalized spacial score (nSPS) is 17.5. The van der Waals surface area contributed by atoms with Crippen molar-refractivity contribution in [3.63, 3.8) is 0 Å². The van der Waals surface area contributed by atoms with Crippen LogP contribution in [0.3, 0.4) is 0 Å². The predicted octanol–water partition coefficient (Wildman–Crippen LogP) is 4.28. The number of carbonyl (C=O) groups is 2. The molecule has 0 radical (unpaired) electrons. The van der Waals surface area contributed by atoms with E-state index in [0.717, 1.165) is 37.1 Å². The molecular formula is C20H29NO2. The number of ketones is 2. The zero-order valence-electron chi connectivity index (χ0n) is 14.8. The molecule has 0 bridgehead atoms. The maximum absolute atomic E-state index is 12.8. The molecule has 1 heterocycles. The fourth-order valence-electron chi connectivity index (χ4n) is 3.24. The minimum Gasteiger partial charge on any atom is -0.297 e. The SMILES string of the molecule is CC(C)C(=O)c1cccc(C(C(=O)C(C)C)N2CCCCC2)c1. The third kappa shape index (κ3) is 4.29. The van der Waals surface area contributed by atoms with Gasteiger partial charge in [-0.2, -0.15) is 0 Å². The van der Waals surface area contributed by atoms with Gasteiger partial charge in [0.1, 0.15) is 0 Å². The van der Waals surface area contributed by atoms with Crippen LogP contribution in [0.4, 0.5) is 0 Å². The Morgan fingerprint density at radius 3 is 2.17 bits per heavy atom. The number of benzene rings is 1. The average Bonchev–Trinajstić information content (AvgIpc) is 2.55. The second-order valence-electron chi connectivity index (χ2n) is 7.20. The van der Waals surface area contributed by atoms with Crippen LogP contribution in [0.1, 0.15) is 68.9 Å². The highest BCUT2D eigenvalue weighted by Crippen LogP contribution is 2.29. The van der Waals surface area contributed by atoms with E-state index in [2.05, 4.69) is 4.90 Å². The van der Waals surface area contributed by atoms with Gasteiger partial charge in [0, 0.05) is 17.4 Å². The summed E-state index contributed by atoms with van der Waals surface area (Å²) in [5, 5.41) is 0. The van der Waals surface area contributed by atoms with Crippen molar-refractivity contribution in [1.29, 1.82) is 0 Å². The molecule has 1 aliphatic heterocycles. The summed E-state index contributed by atoms with van der Waals surface area (Å²) in [7, 11) is 0. The Kier molecular flexibility index (Phi) is 6.11. The molecule has 23 heavy (non-hydrogen) atoms. The largest absolute Gasteiger partial charge is 0.297 e. The topological polar surface area (TPSA) is 37.4 Å². The number of rotatable bonds is 6. The van der Waals surface area contributed by atoms with Gasteiger partial charge in [0.25, 0.3) is 0 Å². The van der Waals surface area contributed by atoms with Crippen LogP contribution in [0, 0.1) is 11.8 Å². The number of likely N-dealkylation sites (tertiary alicyclic amines) is 1. The Morgan fingerprint density at radius 2 is 1.61 bits per heavy atom. The third-order valence-corrected chi connectivity index (χ3v) is 4.61. The molecule has 1 aromatic rings. The molecule has 3 heteroatoms. The molecule has 1 aromatic carbocycles. The molecule has 0 spiro atoms. The quantitative estimate of drug-likeness (QED) is 0.735. The van der Waals surface area contributed by atoms with Crippen molar-refractivity contribution in [2.75, 3.05) is 13.1 Å². The summed E-state index contributed by atoms with van der Waals surface area (Å²) >= 11 is 0. The lowest BCUT2D eigenvalue weighted by Crippen LogP contribution is -2.39. The van der Waals surface area contributed by atoms with E-state index >= 15 is 0 Å². The smallest absolute Gasteiger partial charge is 0.165 e. The van der Waals surface area contributed by atoms with Gasteiger partial charge in [0.05, 0.1) is 6.04 Å². The summed E-state index contributed by atoms with van der Waals surface area (Å²) in [4.78, 5) is 27.4. The van der Waals surface area contributed by atoms with Gasteiger partial charge < -0.3 is 0 Å².